The topological polar surface area (TPSA) is 65.2 Å². The van der Waals surface area contributed by atoms with Gasteiger partial charge in [0, 0.05) is 5.56 Å². The Morgan fingerprint density at radius 3 is 2.41 bits per heavy atom. The van der Waals surface area contributed by atoms with Gasteiger partial charge in [-0.2, -0.15) is 18.2 Å². The van der Waals surface area contributed by atoms with Crippen LogP contribution in [0.5, 0.6) is 0 Å². The number of hydrogen-bond donors (Lipinski definition) is 0. The Morgan fingerprint density at radius 2 is 1.91 bits per heavy atom. The molecule has 1 aromatic carbocycles. The van der Waals surface area contributed by atoms with Crippen LogP contribution in [-0.4, -0.2) is 16.1 Å². The predicted octanol–water partition coefficient (Wildman–Crippen LogP) is 3.45. The highest BCUT2D eigenvalue weighted by atomic mass is 19.4. The number of rotatable bonds is 4. The van der Waals surface area contributed by atoms with E-state index in [-0.39, 0.29) is 24.3 Å². The summed E-state index contributed by atoms with van der Waals surface area (Å²) in [6.07, 6.45) is -4.67. The first kappa shape index (κ1) is 16.0. The average Bonchev–Trinajstić information content (AvgIpc) is 2.95. The molecule has 0 bridgehead atoms. The Balaban J connectivity index is 2.06. The Morgan fingerprint density at radius 1 is 1.27 bits per heavy atom. The lowest BCUT2D eigenvalue weighted by molar-refractivity contribution is -0.159. The fraction of sp³-hybridized carbons (Fsp3) is 0.357. The minimum Gasteiger partial charge on any atom is -0.461 e. The number of benzene rings is 1. The van der Waals surface area contributed by atoms with Crippen LogP contribution in [-0.2, 0) is 22.3 Å². The maximum Gasteiger partial charge on any atom is 0.471 e. The molecule has 0 spiro atoms. The van der Waals surface area contributed by atoms with Crippen molar-refractivity contribution in [2.24, 2.45) is 5.92 Å². The van der Waals surface area contributed by atoms with Crippen LogP contribution in [0.3, 0.4) is 0 Å². The summed E-state index contributed by atoms with van der Waals surface area (Å²) in [6, 6.07) is 6.30. The summed E-state index contributed by atoms with van der Waals surface area (Å²) in [6.45, 7) is 3.54. The van der Waals surface area contributed by atoms with E-state index < -0.39 is 12.1 Å². The third kappa shape index (κ3) is 3.84. The van der Waals surface area contributed by atoms with Gasteiger partial charge in [0.1, 0.15) is 6.61 Å². The number of carbonyl (C=O) groups is 1. The van der Waals surface area contributed by atoms with Crippen LogP contribution in [0.25, 0.3) is 11.4 Å². The van der Waals surface area contributed by atoms with Crippen molar-refractivity contribution in [3.05, 3.63) is 35.7 Å². The summed E-state index contributed by atoms with van der Waals surface area (Å²) in [5, 5.41) is 3.29. The van der Waals surface area contributed by atoms with E-state index >= 15 is 0 Å². The number of aromatic nitrogens is 2. The zero-order valence-corrected chi connectivity index (χ0v) is 11.8. The maximum absolute atomic E-state index is 12.4. The van der Waals surface area contributed by atoms with Gasteiger partial charge in [-0.1, -0.05) is 43.3 Å². The fourth-order valence-corrected chi connectivity index (χ4v) is 1.53. The van der Waals surface area contributed by atoms with Gasteiger partial charge in [0.05, 0.1) is 5.92 Å². The van der Waals surface area contributed by atoms with E-state index in [0.717, 1.165) is 0 Å². The Kier molecular flexibility index (Phi) is 4.48. The van der Waals surface area contributed by atoms with E-state index in [0.29, 0.717) is 11.1 Å². The number of carbonyl (C=O) groups excluding carboxylic acids is 1. The molecule has 118 valence electrons. The molecule has 0 radical (unpaired) electrons. The molecule has 0 fully saturated rings. The molecule has 0 amide bonds. The summed E-state index contributed by atoms with van der Waals surface area (Å²) < 4.78 is 46.3. The molecule has 0 aliphatic rings. The SMILES string of the molecule is CC(C)C(=O)OCc1ccc(-c2noc(C(F)(F)F)n2)cc1. The zero-order chi connectivity index (χ0) is 16.3. The lowest BCUT2D eigenvalue weighted by Gasteiger charge is -2.07. The van der Waals surface area contributed by atoms with Crippen LogP contribution >= 0.6 is 0 Å². The van der Waals surface area contributed by atoms with Crippen LogP contribution in [0.2, 0.25) is 0 Å². The van der Waals surface area contributed by atoms with Gasteiger partial charge in [0.2, 0.25) is 5.82 Å². The van der Waals surface area contributed by atoms with Crippen LogP contribution in [0, 0.1) is 5.92 Å². The number of ether oxygens (including phenoxy) is 1. The lowest BCUT2D eigenvalue weighted by atomic mass is 10.1. The summed E-state index contributed by atoms with van der Waals surface area (Å²) in [5.41, 5.74) is 1.08. The maximum atomic E-state index is 12.4. The second kappa shape index (κ2) is 6.17. The molecule has 1 heterocycles. The van der Waals surface area contributed by atoms with Crippen LogP contribution in [0.15, 0.2) is 28.8 Å². The van der Waals surface area contributed by atoms with Crippen molar-refractivity contribution in [1.29, 1.82) is 0 Å². The van der Waals surface area contributed by atoms with Gasteiger partial charge in [0.25, 0.3) is 0 Å². The highest BCUT2D eigenvalue weighted by Gasteiger charge is 2.38. The van der Waals surface area contributed by atoms with Crippen LogP contribution in [0.1, 0.15) is 25.3 Å². The number of alkyl halides is 3. The molecule has 0 atom stereocenters. The zero-order valence-electron chi connectivity index (χ0n) is 11.8. The first-order chi connectivity index (χ1) is 10.3. The second-order valence-corrected chi connectivity index (χ2v) is 4.88. The molecule has 1 aromatic heterocycles. The van der Waals surface area contributed by atoms with Crippen molar-refractivity contribution in [1.82, 2.24) is 10.1 Å². The second-order valence-electron chi connectivity index (χ2n) is 4.88. The summed E-state index contributed by atoms with van der Waals surface area (Å²) in [5.74, 6) is -2.09. The number of nitrogens with zero attached hydrogens (tertiary/aromatic N) is 2. The molecule has 2 rings (SSSR count). The number of halogens is 3. The van der Waals surface area contributed by atoms with E-state index in [9.17, 15) is 18.0 Å². The molecule has 0 unspecified atom stereocenters. The molecule has 0 saturated heterocycles. The number of hydrogen-bond acceptors (Lipinski definition) is 5. The van der Waals surface area contributed by atoms with Crippen LogP contribution in [0.4, 0.5) is 13.2 Å². The quantitative estimate of drug-likeness (QED) is 0.809. The molecule has 0 aliphatic heterocycles. The monoisotopic (exact) mass is 314 g/mol. The molecule has 0 aliphatic carbocycles. The summed E-state index contributed by atoms with van der Waals surface area (Å²) >= 11 is 0. The van der Waals surface area contributed by atoms with Gasteiger partial charge in [-0.25, -0.2) is 0 Å². The molecular weight excluding hydrogens is 301 g/mol. The molecule has 5 nitrogen and oxygen atoms in total. The first-order valence-corrected chi connectivity index (χ1v) is 6.44. The summed E-state index contributed by atoms with van der Waals surface area (Å²) in [4.78, 5) is 14.6. The molecule has 2 aromatic rings. The molecule has 0 N–H and O–H groups in total. The van der Waals surface area contributed by atoms with Gasteiger partial charge >= 0.3 is 18.0 Å². The lowest BCUT2D eigenvalue weighted by Crippen LogP contribution is -2.11. The fourth-order valence-electron chi connectivity index (χ4n) is 1.53. The van der Waals surface area contributed by atoms with E-state index in [4.69, 9.17) is 4.74 Å². The van der Waals surface area contributed by atoms with Crippen molar-refractivity contribution in [3.8, 4) is 11.4 Å². The molecule has 22 heavy (non-hydrogen) atoms. The normalized spacial score (nSPS) is 11.7. The van der Waals surface area contributed by atoms with E-state index in [1.165, 1.54) is 12.1 Å². The van der Waals surface area contributed by atoms with Gasteiger partial charge in [-0.05, 0) is 5.56 Å². The summed E-state index contributed by atoms with van der Waals surface area (Å²) in [7, 11) is 0. The van der Waals surface area contributed by atoms with Gasteiger partial charge < -0.3 is 9.26 Å². The average molecular weight is 314 g/mol. The Labute approximate surface area is 124 Å². The van der Waals surface area contributed by atoms with Crippen molar-refractivity contribution in [2.75, 3.05) is 0 Å². The Bertz CT molecular complexity index is 648. The standard InChI is InChI=1S/C14H13F3N2O3/c1-8(2)12(20)21-7-9-3-5-10(6-4-9)11-18-13(22-19-11)14(15,16)17/h3-6,8H,7H2,1-2H3. The van der Waals surface area contributed by atoms with E-state index in [2.05, 4.69) is 14.7 Å². The van der Waals surface area contributed by atoms with Gasteiger partial charge in [0.15, 0.2) is 0 Å². The predicted molar refractivity (Wildman–Crippen MR) is 69.4 cm³/mol. The smallest absolute Gasteiger partial charge is 0.461 e. The Hall–Kier alpha value is -2.38. The largest absolute Gasteiger partial charge is 0.471 e. The van der Waals surface area contributed by atoms with Gasteiger partial charge in [-0.3, -0.25) is 4.79 Å². The van der Waals surface area contributed by atoms with E-state index in [1.54, 1.807) is 26.0 Å². The highest BCUT2D eigenvalue weighted by molar-refractivity contribution is 5.71. The van der Waals surface area contributed by atoms with Crippen LogP contribution < -0.4 is 0 Å². The van der Waals surface area contributed by atoms with Crippen molar-refractivity contribution in [2.45, 2.75) is 26.6 Å². The number of esters is 1. The highest BCUT2D eigenvalue weighted by Crippen LogP contribution is 2.29. The molecule has 0 saturated carbocycles. The minimum atomic E-state index is -4.67. The van der Waals surface area contributed by atoms with Crippen molar-refractivity contribution in [3.63, 3.8) is 0 Å². The molecule has 8 heteroatoms. The van der Waals surface area contributed by atoms with Gasteiger partial charge in [-0.15, -0.1) is 0 Å². The first-order valence-electron chi connectivity index (χ1n) is 6.44. The van der Waals surface area contributed by atoms with Crippen molar-refractivity contribution < 1.29 is 27.2 Å². The molecular formula is C14H13F3N2O3. The minimum absolute atomic E-state index is 0.0946. The van der Waals surface area contributed by atoms with Crippen molar-refractivity contribution >= 4 is 5.97 Å². The third-order valence-electron chi connectivity index (χ3n) is 2.73. The third-order valence-corrected chi connectivity index (χ3v) is 2.73. The van der Waals surface area contributed by atoms with E-state index in [1.807, 2.05) is 0 Å².